The van der Waals surface area contributed by atoms with Crippen LogP contribution in [0.15, 0.2) is 0 Å². The van der Waals surface area contributed by atoms with Crippen molar-refractivity contribution in [3.05, 3.63) is 77.9 Å². The molecule has 0 aliphatic heterocycles. The van der Waals surface area contributed by atoms with Crippen LogP contribution in [-0.2, 0) is 46.4 Å². The number of aldehydes is 1. The molecule has 5 rings (SSSR count). The van der Waals surface area contributed by atoms with Crippen molar-refractivity contribution >= 4 is 111 Å². The molecule has 0 saturated heterocycles. The van der Waals surface area contributed by atoms with E-state index in [1.54, 1.807) is 107 Å². The first kappa shape index (κ1) is 115. The van der Waals surface area contributed by atoms with Crippen molar-refractivity contribution in [1.29, 1.82) is 0 Å². The lowest BCUT2D eigenvalue weighted by Gasteiger charge is -2.34. The Bertz CT molecular complexity index is 4140. The Morgan fingerprint density at radius 3 is 0.744 bits per heavy atom. The molecule has 0 radical (unpaired) electrons. The van der Waals surface area contributed by atoms with Crippen LogP contribution in [0, 0.1) is 64.2 Å². The first-order chi connectivity index (χ1) is 56.9. The third-order valence-corrected chi connectivity index (χ3v) is 24.3. The molecular weight excluding hydrogens is 1710 g/mol. The van der Waals surface area contributed by atoms with Gasteiger partial charge < -0.3 is 93.8 Å². The Balaban J connectivity index is 0.000000782. The zero-order valence-electron chi connectivity index (χ0n) is 80.4. The molecule has 33 nitrogen and oxygen atoms in total. The third-order valence-electron chi connectivity index (χ3n) is 18.9. The topological polar surface area (TPSA) is 452 Å². The second-order valence-corrected chi connectivity index (χ2v) is 43.6. The van der Waals surface area contributed by atoms with Gasteiger partial charge >= 0.3 is 48.4 Å². The van der Waals surface area contributed by atoms with E-state index in [-0.39, 0.29) is 103 Å². The molecule has 8 N–H and O–H groups in total. The SMILES string of the molecule is CC(=O)OCc1nc([C@H](O)C[C@H](C(C)C)N(C)C(=O)OC(C)(C)C)sc1C.Cc1sc([C@H](O)C[C@H](C(C)C)N(C)C(=O)OC(C)(C)C)nc1C(=O)O.Cc1sc([C@H](O)C[C@H](C(C)C)N(C)C(=O)OC(C)(C)C)nc1C(=O)O.Cc1sc([C@H](O)C[C@H](C(C)C)N(C)C(=O)OC(C)(C)C)nc1C=O.Cc1sc([C@H](O)C[C@H](C(C)C)N(C)C(=O)OC(C)(C)C)nc1CO. The summed E-state index contributed by atoms with van der Waals surface area (Å²) in [5.41, 5.74) is -1.41. The molecule has 0 unspecified atom stereocenters. The first-order valence-electron chi connectivity index (χ1n) is 41.6. The summed E-state index contributed by atoms with van der Waals surface area (Å²) in [5.74, 6) is -2.04. The quantitative estimate of drug-likeness (QED) is 0.0116. The van der Waals surface area contributed by atoms with Gasteiger partial charge in [-0.05, 0) is 168 Å². The zero-order valence-corrected chi connectivity index (χ0v) is 84.5. The number of aliphatic hydroxyl groups is 6. The lowest BCUT2D eigenvalue weighted by Crippen LogP contribution is -2.44. The van der Waals surface area contributed by atoms with Crippen LogP contribution in [0.2, 0.25) is 0 Å². The van der Waals surface area contributed by atoms with Crippen LogP contribution in [0.3, 0.4) is 0 Å². The highest BCUT2D eigenvalue weighted by atomic mass is 32.1. The van der Waals surface area contributed by atoms with Gasteiger partial charge in [0.25, 0.3) is 0 Å². The van der Waals surface area contributed by atoms with E-state index in [4.69, 9.17) is 38.6 Å². The van der Waals surface area contributed by atoms with E-state index in [1.807, 2.05) is 145 Å². The number of rotatable bonds is 31. The normalized spacial score (nSPS) is 14.3. The van der Waals surface area contributed by atoms with Gasteiger partial charge in [0, 0.05) is 129 Å². The van der Waals surface area contributed by atoms with Crippen molar-refractivity contribution in [3.8, 4) is 0 Å². The lowest BCUT2D eigenvalue weighted by molar-refractivity contribution is -0.142. The Hall–Kier alpha value is -7.66. The van der Waals surface area contributed by atoms with E-state index in [9.17, 15) is 73.8 Å². The molecule has 0 aliphatic carbocycles. The van der Waals surface area contributed by atoms with Crippen molar-refractivity contribution in [2.75, 3.05) is 35.2 Å². The summed E-state index contributed by atoms with van der Waals surface area (Å²) in [7, 11) is 8.33. The van der Waals surface area contributed by atoms with Crippen molar-refractivity contribution in [1.82, 2.24) is 49.4 Å². The van der Waals surface area contributed by atoms with Gasteiger partial charge in [-0.15, -0.1) is 56.7 Å². The highest BCUT2D eigenvalue weighted by Gasteiger charge is 2.38. The Morgan fingerprint density at radius 2 is 0.560 bits per heavy atom. The molecule has 5 aromatic rings. The minimum absolute atomic E-state index is 0.0411. The summed E-state index contributed by atoms with van der Waals surface area (Å²) in [6.07, 6.45) is -4.27. The molecule has 0 aromatic carbocycles. The molecule has 0 fully saturated rings. The van der Waals surface area contributed by atoms with E-state index in [2.05, 4.69) is 24.9 Å². The third kappa shape index (κ3) is 40.3. The number of carboxylic acid groups (broad SMARTS) is 2. The molecule has 0 aliphatic rings. The largest absolute Gasteiger partial charge is 0.476 e. The van der Waals surface area contributed by atoms with Crippen LogP contribution in [0.25, 0.3) is 0 Å². The van der Waals surface area contributed by atoms with Crippen molar-refractivity contribution < 1.29 is 112 Å². The number of aromatic nitrogens is 5. The Labute approximate surface area is 760 Å². The number of nitrogens with zero attached hydrogens (tertiary/aromatic N) is 10. The molecule has 125 heavy (non-hydrogen) atoms. The van der Waals surface area contributed by atoms with Crippen molar-refractivity contribution in [3.63, 3.8) is 0 Å². The molecule has 712 valence electrons. The van der Waals surface area contributed by atoms with Crippen LogP contribution >= 0.6 is 56.7 Å². The fourth-order valence-corrected chi connectivity index (χ4v) is 16.8. The molecule has 0 bridgehead atoms. The van der Waals surface area contributed by atoms with Crippen LogP contribution in [0.1, 0.15) is 335 Å². The Kier molecular flexibility index (Phi) is 46.5. The summed E-state index contributed by atoms with van der Waals surface area (Å²) < 4.78 is 32.0. The summed E-state index contributed by atoms with van der Waals surface area (Å²) in [6, 6.07) is -1.16. The van der Waals surface area contributed by atoms with Gasteiger partial charge in [0.2, 0.25) is 0 Å². The van der Waals surface area contributed by atoms with E-state index in [0.717, 1.165) is 37.3 Å². The molecule has 5 aromatic heterocycles. The molecule has 38 heteroatoms. The van der Waals surface area contributed by atoms with E-state index < -0.39 is 101 Å². The minimum atomic E-state index is -1.11. The number of ether oxygens (including phenoxy) is 6. The van der Waals surface area contributed by atoms with Gasteiger partial charge in [-0.1, -0.05) is 69.2 Å². The number of carbonyl (C=O) groups excluding carboxylic acids is 7. The summed E-state index contributed by atoms with van der Waals surface area (Å²) >= 11 is 6.37. The van der Waals surface area contributed by atoms with Gasteiger partial charge in [0.1, 0.15) is 95.9 Å². The number of esters is 1. The summed E-state index contributed by atoms with van der Waals surface area (Å²) in [5, 5.41) is 82.4. The standard InChI is InChI=1S/C19H32N2O5S.2C17H28N2O5S.C17H30N2O4S.C17H28N2O4S/c1-11(2)15(21(8)18(24)26-19(5,6)7)9-16(23)17-20-14(12(3)27-17)10-25-13(4)22;2*1-9(2)11(19(7)16(23)24-17(4,5)6)8-12(20)14-18-13(15(21)22)10(3)25-14;2*1-10(2)13(19(7)16(22)23-17(4,5)6)8-14(21)15-18-12(9-20)11(3)24-15/h11,15-16,23H,9-10H2,1-8H3;2*9,11-12,20H,8H2,1-7H3,(H,21,22);10,13-14,20-21H,8-9H2,1-7H3;9-10,13-14,21H,8H2,1-7H3/t15-,16-;2*11-,12-;2*13-,14-/m11111/s1. The van der Waals surface area contributed by atoms with Gasteiger partial charge in [0.05, 0.1) is 18.0 Å². The smallest absolute Gasteiger partial charge is 0.410 e. The number of carbonyl (C=O) groups is 9. The van der Waals surface area contributed by atoms with E-state index >= 15 is 0 Å². The maximum Gasteiger partial charge on any atom is 0.410 e. The second kappa shape index (κ2) is 50.3. The highest BCUT2D eigenvalue weighted by Crippen LogP contribution is 2.37. The molecule has 0 spiro atoms. The van der Waals surface area contributed by atoms with E-state index in [1.165, 1.54) is 55.6 Å². The maximum absolute atomic E-state index is 12.4. The van der Waals surface area contributed by atoms with Gasteiger partial charge in [0.15, 0.2) is 17.7 Å². The number of carboxylic acids is 2. The van der Waals surface area contributed by atoms with Gasteiger partial charge in [-0.25, -0.2) is 58.5 Å². The molecule has 0 saturated carbocycles. The average molecular weight is 1860 g/mol. The number of hydrogen-bond donors (Lipinski definition) is 8. The van der Waals surface area contributed by atoms with Crippen LogP contribution in [0.4, 0.5) is 24.0 Å². The van der Waals surface area contributed by atoms with Gasteiger partial charge in [-0.3, -0.25) is 9.59 Å². The molecule has 10 atom stereocenters. The zero-order chi connectivity index (χ0) is 97.3. The molecule has 5 heterocycles. The average Bonchev–Trinajstić information content (AvgIpc) is 1.77. The first-order valence-corrected chi connectivity index (χ1v) is 45.7. The number of hydrogen-bond acceptors (Lipinski definition) is 31. The van der Waals surface area contributed by atoms with Crippen LogP contribution in [0.5, 0.6) is 0 Å². The molecular formula is C87H146N10O23S5. The fourth-order valence-electron chi connectivity index (χ4n) is 12.2. The highest BCUT2D eigenvalue weighted by molar-refractivity contribution is 7.13. The Morgan fingerprint density at radius 1 is 0.352 bits per heavy atom. The van der Waals surface area contributed by atoms with Crippen molar-refractivity contribution in [2.45, 2.75) is 349 Å². The van der Waals surface area contributed by atoms with Crippen molar-refractivity contribution in [2.24, 2.45) is 29.6 Å². The van der Waals surface area contributed by atoms with Crippen LogP contribution < -0.4 is 0 Å². The lowest BCUT2D eigenvalue weighted by atomic mass is 9.97. The van der Waals surface area contributed by atoms with E-state index in [0.29, 0.717) is 77.4 Å². The molecule has 5 amide bonds. The summed E-state index contributed by atoms with van der Waals surface area (Å²) in [4.78, 5) is 138. The number of aromatic carboxylic acids is 2. The minimum Gasteiger partial charge on any atom is -0.476 e. The maximum atomic E-state index is 12.4. The number of thiazole rings is 5. The van der Waals surface area contributed by atoms with Crippen LogP contribution in [-0.4, -0.2) is 238 Å². The second-order valence-electron chi connectivity index (χ2n) is 37.5. The summed E-state index contributed by atoms with van der Waals surface area (Å²) in [6.45, 7) is 57.1. The predicted octanol–water partition coefficient (Wildman–Crippen LogP) is 17.6. The number of amides is 5. The predicted molar refractivity (Wildman–Crippen MR) is 486 cm³/mol. The number of aryl methyl sites for hydroxylation is 5. The number of aliphatic hydroxyl groups excluding tert-OH is 6. The van der Waals surface area contributed by atoms with Gasteiger partial charge in [-0.2, -0.15) is 0 Å². The monoisotopic (exact) mass is 1860 g/mol. The fraction of sp³-hybridized carbons (Fsp3) is 0.724.